The SMILES string of the molecule is CC1(C)O[C@@H]2[C@H](O1)[C@@H](CS[C@H]1C=C[C@H](ON)C1)O[C@H]2n1cnc2c(N)ncnc21. The lowest BCUT2D eigenvalue weighted by atomic mass is 10.1. The van der Waals surface area contributed by atoms with Crippen molar-refractivity contribution in [2.75, 3.05) is 11.5 Å². The summed E-state index contributed by atoms with van der Waals surface area (Å²) in [6, 6.07) is 0. The van der Waals surface area contributed by atoms with Crippen molar-refractivity contribution >= 4 is 28.7 Å². The number of nitrogen functional groups attached to an aromatic ring is 1. The average molecular weight is 420 g/mol. The van der Waals surface area contributed by atoms with Gasteiger partial charge in [-0.2, -0.15) is 11.8 Å². The van der Waals surface area contributed by atoms with Crippen molar-refractivity contribution in [1.29, 1.82) is 0 Å². The van der Waals surface area contributed by atoms with E-state index in [1.807, 2.05) is 24.5 Å². The van der Waals surface area contributed by atoms with Crippen LogP contribution >= 0.6 is 11.8 Å². The number of hydrogen-bond donors (Lipinski definition) is 2. The molecule has 2 aromatic heterocycles. The van der Waals surface area contributed by atoms with E-state index in [-0.39, 0.29) is 24.4 Å². The van der Waals surface area contributed by atoms with E-state index in [1.54, 1.807) is 18.1 Å². The summed E-state index contributed by atoms with van der Waals surface area (Å²) < 4.78 is 20.6. The van der Waals surface area contributed by atoms with Gasteiger partial charge in [-0.25, -0.2) is 20.8 Å². The first-order chi connectivity index (χ1) is 13.9. The lowest BCUT2D eigenvalue weighted by molar-refractivity contribution is -0.193. The highest BCUT2D eigenvalue weighted by atomic mass is 32.2. The second-order valence-corrected chi connectivity index (χ2v) is 9.15. The summed E-state index contributed by atoms with van der Waals surface area (Å²) in [5.74, 6) is 5.70. The number of rotatable bonds is 5. The van der Waals surface area contributed by atoms with Gasteiger partial charge < -0.3 is 19.9 Å². The fourth-order valence-corrected chi connectivity index (χ4v) is 5.38. The molecule has 0 amide bonds. The van der Waals surface area contributed by atoms with Gasteiger partial charge in [-0.1, -0.05) is 12.2 Å². The molecule has 0 spiro atoms. The molecule has 2 aromatic rings. The van der Waals surface area contributed by atoms with Crippen molar-refractivity contribution in [1.82, 2.24) is 19.5 Å². The van der Waals surface area contributed by atoms with Crippen LogP contribution in [0.25, 0.3) is 11.2 Å². The molecule has 11 heteroatoms. The molecule has 10 nitrogen and oxygen atoms in total. The summed E-state index contributed by atoms with van der Waals surface area (Å²) in [7, 11) is 0. The number of nitrogens with two attached hydrogens (primary N) is 2. The fourth-order valence-electron chi connectivity index (χ4n) is 4.15. The molecular formula is C18H24N6O4S. The normalized spacial score (nSPS) is 35.6. The maximum absolute atomic E-state index is 6.40. The van der Waals surface area contributed by atoms with Crippen LogP contribution in [-0.2, 0) is 19.0 Å². The van der Waals surface area contributed by atoms with Crippen molar-refractivity contribution in [2.24, 2.45) is 5.90 Å². The lowest BCUT2D eigenvalue weighted by Crippen LogP contribution is -2.31. The first-order valence-corrected chi connectivity index (χ1v) is 10.6. The fraction of sp³-hybridized carbons (Fsp3) is 0.611. The third-order valence-electron chi connectivity index (χ3n) is 5.44. The van der Waals surface area contributed by atoms with Crippen LogP contribution in [0.1, 0.15) is 26.5 Å². The Balaban J connectivity index is 1.37. The summed E-state index contributed by atoms with van der Waals surface area (Å²) in [6.07, 6.45) is 7.05. The van der Waals surface area contributed by atoms with E-state index in [1.165, 1.54) is 6.33 Å². The van der Waals surface area contributed by atoms with Gasteiger partial charge in [-0.3, -0.25) is 9.40 Å². The van der Waals surface area contributed by atoms with Gasteiger partial charge in [0.15, 0.2) is 23.5 Å². The maximum atomic E-state index is 6.40. The minimum Gasteiger partial charge on any atom is -0.382 e. The quantitative estimate of drug-likeness (QED) is 0.536. The summed E-state index contributed by atoms with van der Waals surface area (Å²) in [4.78, 5) is 17.6. The molecule has 2 saturated heterocycles. The van der Waals surface area contributed by atoms with Crippen LogP contribution in [-0.4, -0.2) is 60.7 Å². The summed E-state index contributed by atoms with van der Waals surface area (Å²) >= 11 is 1.80. The molecule has 0 unspecified atom stereocenters. The van der Waals surface area contributed by atoms with Crippen molar-refractivity contribution in [3.63, 3.8) is 0 Å². The Morgan fingerprint density at radius 3 is 2.86 bits per heavy atom. The van der Waals surface area contributed by atoms with Gasteiger partial charge in [0.25, 0.3) is 0 Å². The molecule has 1 aliphatic carbocycles. The second-order valence-electron chi connectivity index (χ2n) is 7.88. The van der Waals surface area contributed by atoms with E-state index < -0.39 is 12.0 Å². The molecule has 29 heavy (non-hydrogen) atoms. The molecule has 4 heterocycles. The van der Waals surface area contributed by atoms with Crippen LogP contribution in [0.2, 0.25) is 0 Å². The summed E-state index contributed by atoms with van der Waals surface area (Å²) in [5.41, 5.74) is 7.10. The number of thioether (sulfide) groups is 1. The van der Waals surface area contributed by atoms with Gasteiger partial charge in [0.1, 0.15) is 24.1 Å². The van der Waals surface area contributed by atoms with Crippen molar-refractivity contribution in [3.05, 3.63) is 24.8 Å². The molecule has 0 radical (unpaired) electrons. The van der Waals surface area contributed by atoms with E-state index in [0.717, 1.165) is 12.2 Å². The molecular weight excluding hydrogens is 396 g/mol. The first-order valence-electron chi connectivity index (χ1n) is 9.55. The predicted octanol–water partition coefficient (Wildman–Crippen LogP) is 1.15. The van der Waals surface area contributed by atoms with Gasteiger partial charge in [-0.05, 0) is 20.3 Å². The Hall–Kier alpha value is -1.76. The van der Waals surface area contributed by atoms with E-state index in [4.69, 9.17) is 30.7 Å². The highest BCUT2D eigenvalue weighted by Crippen LogP contribution is 2.45. The molecule has 5 rings (SSSR count). The molecule has 2 aliphatic heterocycles. The lowest BCUT2D eigenvalue weighted by Gasteiger charge is -2.25. The van der Waals surface area contributed by atoms with Crippen LogP contribution in [0.15, 0.2) is 24.8 Å². The number of hydrogen-bond acceptors (Lipinski definition) is 10. The van der Waals surface area contributed by atoms with Gasteiger partial charge in [0, 0.05) is 11.0 Å². The third kappa shape index (κ3) is 3.41. The molecule has 0 bridgehead atoms. The number of aromatic nitrogens is 4. The molecule has 0 saturated carbocycles. The topological polar surface area (TPSA) is 133 Å². The summed E-state index contributed by atoms with van der Waals surface area (Å²) in [5, 5.41) is 0.335. The zero-order chi connectivity index (χ0) is 20.2. The third-order valence-corrected chi connectivity index (χ3v) is 6.74. The van der Waals surface area contributed by atoms with Crippen molar-refractivity contribution in [3.8, 4) is 0 Å². The van der Waals surface area contributed by atoms with Gasteiger partial charge in [-0.15, -0.1) is 0 Å². The Morgan fingerprint density at radius 1 is 1.24 bits per heavy atom. The monoisotopic (exact) mass is 420 g/mol. The Morgan fingerprint density at radius 2 is 2.07 bits per heavy atom. The molecule has 4 N–H and O–H groups in total. The zero-order valence-corrected chi connectivity index (χ0v) is 17.0. The Bertz CT molecular complexity index is 936. The molecule has 0 aromatic carbocycles. The highest BCUT2D eigenvalue weighted by Gasteiger charge is 2.56. The average Bonchev–Trinajstić information content (AvgIpc) is 3.43. The van der Waals surface area contributed by atoms with Gasteiger partial charge in [0.2, 0.25) is 0 Å². The largest absolute Gasteiger partial charge is 0.382 e. The predicted molar refractivity (Wildman–Crippen MR) is 107 cm³/mol. The van der Waals surface area contributed by atoms with E-state index in [9.17, 15) is 0 Å². The van der Waals surface area contributed by atoms with Crippen LogP contribution in [0, 0.1) is 0 Å². The number of nitrogens with zero attached hydrogens (tertiary/aromatic N) is 4. The highest BCUT2D eigenvalue weighted by molar-refractivity contribution is 8.00. The molecule has 2 fully saturated rings. The smallest absolute Gasteiger partial charge is 0.167 e. The summed E-state index contributed by atoms with van der Waals surface area (Å²) in [6.45, 7) is 3.84. The Labute approximate surface area is 171 Å². The van der Waals surface area contributed by atoms with E-state index >= 15 is 0 Å². The van der Waals surface area contributed by atoms with Gasteiger partial charge in [0.05, 0.1) is 18.5 Å². The maximum Gasteiger partial charge on any atom is 0.167 e. The minimum atomic E-state index is -0.684. The number of ether oxygens (including phenoxy) is 3. The van der Waals surface area contributed by atoms with Crippen LogP contribution in [0.4, 0.5) is 5.82 Å². The first kappa shape index (κ1) is 19.2. The van der Waals surface area contributed by atoms with Crippen LogP contribution in [0.3, 0.4) is 0 Å². The van der Waals surface area contributed by atoms with Gasteiger partial charge >= 0.3 is 0 Å². The number of fused-ring (bicyclic) bond motifs is 2. The van der Waals surface area contributed by atoms with Crippen LogP contribution in [0.5, 0.6) is 0 Å². The standard InChI is InChI=1S/C18H24N6O4S/c1-18(2)26-13-11(6-29-10-4-3-9(5-10)28-20)25-17(14(13)27-18)24-8-23-12-15(19)21-7-22-16(12)24/h3-4,7-11,13-14,17H,5-6,20H2,1-2H3,(H2,19,21,22)/t9-,10-,11+,13+,14+,17+/m0/s1. The number of anilines is 1. The minimum absolute atomic E-state index is 0.0232. The second kappa shape index (κ2) is 7.18. The van der Waals surface area contributed by atoms with E-state index in [0.29, 0.717) is 22.2 Å². The number of imidazole rings is 1. The molecule has 156 valence electrons. The van der Waals surface area contributed by atoms with Crippen molar-refractivity contribution < 1.29 is 19.0 Å². The van der Waals surface area contributed by atoms with Crippen LogP contribution < -0.4 is 11.6 Å². The zero-order valence-electron chi connectivity index (χ0n) is 16.2. The molecule has 3 aliphatic rings. The van der Waals surface area contributed by atoms with E-state index in [2.05, 4.69) is 21.0 Å². The van der Waals surface area contributed by atoms with Crippen molar-refractivity contribution in [2.45, 2.75) is 61.9 Å². The Kier molecular flexibility index (Phi) is 4.76. The molecule has 6 atom stereocenters.